The molecule has 0 bridgehead atoms. The molecule has 1 aromatic carbocycles. The zero-order valence-electron chi connectivity index (χ0n) is 10.5. The summed E-state index contributed by atoms with van der Waals surface area (Å²) in [6, 6.07) is 4.79. The fourth-order valence-corrected chi connectivity index (χ4v) is 2.30. The van der Waals surface area contributed by atoms with Gasteiger partial charge >= 0.3 is 0 Å². The van der Waals surface area contributed by atoms with Gasteiger partial charge in [-0.15, -0.1) is 0 Å². The molecule has 5 nitrogen and oxygen atoms in total. The highest BCUT2D eigenvalue weighted by Crippen LogP contribution is 2.26. The third-order valence-electron chi connectivity index (χ3n) is 2.07. The molecule has 0 fully saturated rings. The van der Waals surface area contributed by atoms with Crippen molar-refractivity contribution in [2.45, 2.75) is 31.2 Å². The first-order chi connectivity index (χ1) is 7.65. The largest absolute Gasteiger partial charge is 0.399 e. The maximum Gasteiger partial charge on any atom is 0.242 e. The average molecular weight is 257 g/mol. The molecule has 0 unspecified atom stereocenters. The molecule has 0 aliphatic heterocycles. The topological polar surface area (TPSA) is 84.2 Å². The quantitative estimate of drug-likeness (QED) is 0.714. The standard InChI is InChI=1S/C11H19N3O2S/c1-11(2,3)14-9-6-5-8(12)7-10(9)17(15,16)13-4/h5-7,13-14H,12H2,1-4H3. The van der Waals surface area contributed by atoms with Crippen LogP contribution in [0.5, 0.6) is 0 Å². The van der Waals surface area contributed by atoms with Gasteiger partial charge in [-0.3, -0.25) is 0 Å². The molecule has 0 aromatic heterocycles. The molecule has 1 aromatic rings. The van der Waals surface area contributed by atoms with Gasteiger partial charge in [0.2, 0.25) is 10.0 Å². The Morgan fingerprint density at radius 3 is 2.29 bits per heavy atom. The van der Waals surface area contributed by atoms with Crippen LogP contribution in [0, 0.1) is 0 Å². The Bertz CT molecular complexity index is 504. The molecular weight excluding hydrogens is 238 g/mol. The van der Waals surface area contributed by atoms with Crippen LogP contribution in [0.4, 0.5) is 11.4 Å². The number of nitrogen functional groups attached to an aromatic ring is 1. The number of hydrogen-bond acceptors (Lipinski definition) is 4. The molecule has 0 amide bonds. The van der Waals surface area contributed by atoms with Crippen LogP contribution in [0.3, 0.4) is 0 Å². The van der Waals surface area contributed by atoms with Gasteiger partial charge in [-0.25, -0.2) is 13.1 Å². The predicted octanol–water partition coefficient (Wildman–Crippen LogP) is 1.39. The van der Waals surface area contributed by atoms with Crippen LogP contribution >= 0.6 is 0 Å². The molecule has 17 heavy (non-hydrogen) atoms. The first kappa shape index (κ1) is 13.8. The van der Waals surface area contributed by atoms with E-state index in [1.807, 2.05) is 20.8 Å². The molecule has 0 aliphatic rings. The molecule has 0 aliphatic carbocycles. The summed E-state index contributed by atoms with van der Waals surface area (Å²) in [4.78, 5) is 0.162. The SMILES string of the molecule is CNS(=O)(=O)c1cc(N)ccc1NC(C)(C)C. The Labute approximate surface area is 102 Å². The molecule has 0 atom stereocenters. The number of hydrogen-bond donors (Lipinski definition) is 3. The van der Waals surface area contributed by atoms with Gasteiger partial charge < -0.3 is 11.1 Å². The van der Waals surface area contributed by atoms with Gasteiger partial charge in [0, 0.05) is 11.2 Å². The Hall–Kier alpha value is -1.27. The Morgan fingerprint density at radius 2 is 1.82 bits per heavy atom. The van der Waals surface area contributed by atoms with Crippen LogP contribution in [0.2, 0.25) is 0 Å². The summed E-state index contributed by atoms with van der Waals surface area (Å²) in [5.41, 5.74) is 6.35. The van der Waals surface area contributed by atoms with Gasteiger partial charge in [-0.1, -0.05) is 0 Å². The lowest BCUT2D eigenvalue weighted by atomic mass is 10.1. The van der Waals surface area contributed by atoms with E-state index in [9.17, 15) is 8.42 Å². The Kier molecular flexibility index (Phi) is 3.68. The lowest BCUT2D eigenvalue weighted by Crippen LogP contribution is -2.28. The number of nitrogens with one attached hydrogen (secondary N) is 2. The lowest BCUT2D eigenvalue weighted by Gasteiger charge is -2.24. The van der Waals surface area contributed by atoms with Crippen LogP contribution in [-0.2, 0) is 10.0 Å². The molecule has 4 N–H and O–H groups in total. The van der Waals surface area contributed by atoms with E-state index < -0.39 is 10.0 Å². The summed E-state index contributed by atoms with van der Waals surface area (Å²) in [5, 5.41) is 3.14. The highest BCUT2D eigenvalue weighted by Gasteiger charge is 2.20. The highest BCUT2D eigenvalue weighted by molar-refractivity contribution is 7.89. The van der Waals surface area contributed by atoms with Gasteiger partial charge in [0.15, 0.2) is 0 Å². The molecule has 96 valence electrons. The molecular formula is C11H19N3O2S. The monoisotopic (exact) mass is 257 g/mol. The third-order valence-corrected chi connectivity index (χ3v) is 3.53. The van der Waals surface area contributed by atoms with E-state index in [1.165, 1.54) is 13.1 Å². The maximum absolute atomic E-state index is 11.9. The van der Waals surface area contributed by atoms with Crippen molar-refractivity contribution in [3.63, 3.8) is 0 Å². The second-order valence-electron chi connectivity index (χ2n) is 4.84. The van der Waals surface area contributed by atoms with Crippen LogP contribution in [0.15, 0.2) is 23.1 Å². The molecule has 6 heteroatoms. The van der Waals surface area contributed by atoms with Crippen molar-refractivity contribution >= 4 is 21.4 Å². The van der Waals surface area contributed by atoms with Crippen molar-refractivity contribution in [3.8, 4) is 0 Å². The van der Waals surface area contributed by atoms with Crippen molar-refractivity contribution in [1.82, 2.24) is 4.72 Å². The Balaban J connectivity index is 3.32. The van der Waals surface area contributed by atoms with E-state index in [4.69, 9.17) is 5.73 Å². The zero-order chi connectivity index (χ0) is 13.3. The smallest absolute Gasteiger partial charge is 0.242 e. The summed E-state index contributed by atoms with van der Waals surface area (Å²) in [7, 11) is -2.14. The minimum absolute atomic E-state index is 0.162. The normalized spacial score (nSPS) is 12.5. The first-order valence-corrected chi connectivity index (χ1v) is 6.75. The number of nitrogens with two attached hydrogens (primary N) is 1. The van der Waals surface area contributed by atoms with Crippen molar-refractivity contribution in [3.05, 3.63) is 18.2 Å². The molecule has 0 saturated carbocycles. The van der Waals surface area contributed by atoms with Gasteiger partial charge in [0.25, 0.3) is 0 Å². The summed E-state index contributed by atoms with van der Waals surface area (Å²) >= 11 is 0. The van der Waals surface area contributed by atoms with E-state index in [0.717, 1.165) is 0 Å². The number of sulfonamides is 1. The van der Waals surface area contributed by atoms with E-state index in [0.29, 0.717) is 11.4 Å². The van der Waals surface area contributed by atoms with Crippen molar-refractivity contribution in [2.75, 3.05) is 18.1 Å². The van der Waals surface area contributed by atoms with Gasteiger partial charge in [0.1, 0.15) is 4.90 Å². The molecule has 0 saturated heterocycles. The van der Waals surface area contributed by atoms with Gasteiger partial charge in [0.05, 0.1) is 5.69 Å². The zero-order valence-corrected chi connectivity index (χ0v) is 11.4. The highest BCUT2D eigenvalue weighted by atomic mass is 32.2. The second kappa shape index (κ2) is 4.54. The molecule has 1 rings (SSSR count). The maximum atomic E-state index is 11.9. The van der Waals surface area contributed by atoms with Gasteiger partial charge in [-0.05, 0) is 46.0 Å². The summed E-state index contributed by atoms with van der Waals surface area (Å²) in [6.07, 6.45) is 0. The number of benzene rings is 1. The van der Waals surface area contributed by atoms with Crippen LogP contribution in [0.25, 0.3) is 0 Å². The average Bonchev–Trinajstić information content (AvgIpc) is 2.18. The van der Waals surface area contributed by atoms with Crippen molar-refractivity contribution in [2.24, 2.45) is 0 Å². The fraction of sp³-hybridized carbons (Fsp3) is 0.455. The Morgan fingerprint density at radius 1 is 1.24 bits per heavy atom. The molecule has 0 radical (unpaired) electrons. The second-order valence-corrected chi connectivity index (χ2v) is 6.69. The summed E-state index contributed by atoms with van der Waals surface area (Å²) in [6.45, 7) is 5.87. The number of anilines is 2. The first-order valence-electron chi connectivity index (χ1n) is 5.27. The van der Waals surface area contributed by atoms with E-state index in [1.54, 1.807) is 12.1 Å². The van der Waals surface area contributed by atoms with Crippen molar-refractivity contribution in [1.29, 1.82) is 0 Å². The minimum atomic E-state index is -3.52. The van der Waals surface area contributed by atoms with Crippen LogP contribution in [0.1, 0.15) is 20.8 Å². The predicted molar refractivity (Wildman–Crippen MR) is 70.5 cm³/mol. The van der Waals surface area contributed by atoms with E-state index in [-0.39, 0.29) is 10.4 Å². The molecule has 0 heterocycles. The molecule has 0 spiro atoms. The van der Waals surface area contributed by atoms with Crippen LogP contribution < -0.4 is 15.8 Å². The summed E-state index contributed by atoms with van der Waals surface area (Å²) < 4.78 is 26.0. The lowest BCUT2D eigenvalue weighted by molar-refractivity contribution is 0.587. The van der Waals surface area contributed by atoms with Crippen LogP contribution in [-0.4, -0.2) is 21.0 Å². The fourth-order valence-electron chi connectivity index (χ4n) is 1.38. The minimum Gasteiger partial charge on any atom is -0.399 e. The van der Waals surface area contributed by atoms with Gasteiger partial charge in [-0.2, -0.15) is 0 Å². The van der Waals surface area contributed by atoms with E-state index >= 15 is 0 Å². The summed E-state index contributed by atoms with van der Waals surface area (Å²) in [5.74, 6) is 0. The third kappa shape index (κ3) is 3.61. The van der Waals surface area contributed by atoms with Crippen molar-refractivity contribution < 1.29 is 8.42 Å². The number of rotatable bonds is 3. The van der Waals surface area contributed by atoms with E-state index in [2.05, 4.69) is 10.0 Å².